The van der Waals surface area contributed by atoms with Crippen LogP contribution in [0.2, 0.25) is 0 Å². The molecule has 0 radical (unpaired) electrons. The molecule has 0 aromatic heterocycles. The van der Waals surface area contributed by atoms with Gasteiger partial charge < -0.3 is 4.74 Å². The Morgan fingerprint density at radius 2 is 1.50 bits per heavy atom. The molecule has 0 spiro atoms. The minimum atomic E-state index is 0.317. The molecule has 0 saturated heterocycles. The summed E-state index contributed by atoms with van der Waals surface area (Å²) in [7, 11) is 0. The van der Waals surface area contributed by atoms with E-state index < -0.39 is 0 Å². The smallest absolute Gasteiger partial charge is 0.0977 e. The zero-order valence-corrected chi connectivity index (χ0v) is 12.2. The summed E-state index contributed by atoms with van der Waals surface area (Å²) >= 11 is 0. The third-order valence-electron chi connectivity index (χ3n) is 2.70. The molecule has 16 heavy (non-hydrogen) atoms. The van der Waals surface area contributed by atoms with Crippen molar-refractivity contribution in [1.82, 2.24) is 0 Å². The minimum Gasteiger partial charge on any atom is -0.495 e. The monoisotopic (exact) mass is 226 g/mol. The maximum atomic E-state index is 6.03. The molecule has 0 rings (SSSR count). The van der Waals surface area contributed by atoms with E-state index >= 15 is 0 Å². The van der Waals surface area contributed by atoms with Gasteiger partial charge in [0.1, 0.15) is 0 Å². The highest BCUT2D eigenvalue weighted by Crippen LogP contribution is 2.19. The first kappa shape index (κ1) is 15.5. The molecule has 0 amide bonds. The Balaban J connectivity index is 4.36. The Labute approximate surface area is 102 Å². The van der Waals surface area contributed by atoms with Crippen LogP contribution in [0.3, 0.4) is 0 Å². The zero-order valence-electron chi connectivity index (χ0n) is 12.2. The third kappa shape index (κ3) is 7.78. The van der Waals surface area contributed by atoms with Crippen LogP contribution in [0.25, 0.3) is 0 Å². The molecule has 0 saturated carbocycles. The molecule has 0 aliphatic carbocycles. The van der Waals surface area contributed by atoms with Crippen LogP contribution < -0.4 is 0 Å². The standard InChI is InChI=1S/C15H30O/c1-11(2)8-9-15(10-12(3)4)16-14(7)13(5)6/h9,11-14H,8,10H2,1-7H3/b15-9-/t14-/m0/s1. The maximum absolute atomic E-state index is 6.03. The summed E-state index contributed by atoms with van der Waals surface area (Å²) in [5.74, 6) is 3.14. The molecule has 1 atom stereocenters. The average Bonchev–Trinajstić information content (AvgIpc) is 2.12. The molecule has 0 aromatic carbocycles. The van der Waals surface area contributed by atoms with Gasteiger partial charge in [0.15, 0.2) is 0 Å². The summed E-state index contributed by atoms with van der Waals surface area (Å²) in [6.07, 6.45) is 4.78. The maximum Gasteiger partial charge on any atom is 0.0977 e. The molecule has 0 aliphatic heterocycles. The lowest BCUT2D eigenvalue weighted by Gasteiger charge is -2.22. The molecular weight excluding hydrogens is 196 g/mol. The normalized spacial score (nSPS) is 15.0. The molecule has 0 aliphatic rings. The molecule has 0 fully saturated rings. The fraction of sp³-hybridized carbons (Fsp3) is 0.867. The lowest BCUT2D eigenvalue weighted by molar-refractivity contribution is 0.0821. The van der Waals surface area contributed by atoms with E-state index in [9.17, 15) is 0 Å². The van der Waals surface area contributed by atoms with Crippen LogP contribution in [-0.4, -0.2) is 6.10 Å². The van der Waals surface area contributed by atoms with Crippen LogP contribution in [0.1, 0.15) is 61.3 Å². The van der Waals surface area contributed by atoms with Crippen LogP contribution >= 0.6 is 0 Å². The van der Waals surface area contributed by atoms with Crippen molar-refractivity contribution in [3.05, 3.63) is 11.8 Å². The van der Waals surface area contributed by atoms with E-state index in [2.05, 4.69) is 54.5 Å². The van der Waals surface area contributed by atoms with E-state index in [0.29, 0.717) is 23.9 Å². The minimum absolute atomic E-state index is 0.317. The van der Waals surface area contributed by atoms with E-state index in [-0.39, 0.29) is 0 Å². The van der Waals surface area contributed by atoms with Gasteiger partial charge in [-0.3, -0.25) is 0 Å². The van der Waals surface area contributed by atoms with Crippen molar-refractivity contribution >= 4 is 0 Å². The van der Waals surface area contributed by atoms with E-state index in [0.717, 1.165) is 12.8 Å². The van der Waals surface area contributed by atoms with Gasteiger partial charge >= 0.3 is 0 Å². The second-order valence-electron chi connectivity index (χ2n) is 5.96. The Bertz CT molecular complexity index is 201. The average molecular weight is 226 g/mol. The second kappa shape index (κ2) is 7.76. The van der Waals surface area contributed by atoms with Crippen molar-refractivity contribution in [3.8, 4) is 0 Å². The highest BCUT2D eigenvalue weighted by Gasteiger charge is 2.11. The number of allylic oxidation sites excluding steroid dienone is 2. The topological polar surface area (TPSA) is 9.23 Å². The predicted molar refractivity (Wildman–Crippen MR) is 72.4 cm³/mol. The van der Waals surface area contributed by atoms with Gasteiger partial charge in [-0.1, -0.05) is 41.5 Å². The molecule has 0 N–H and O–H groups in total. The molecule has 1 nitrogen and oxygen atoms in total. The first-order valence-electron chi connectivity index (χ1n) is 6.68. The number of hydrogen-bond donors (Lipinski definition) is 0. The quantitative estimate of drug-likeness (QED) is 0.554. The lowest BCUT2D eigenvalue weighted by atomic mass is 10.0. The largest absolute Gasteiger partial charge is 0.495 e. The zero-order chi connectivity index (χ0) is 12.7. The molecule has 0 heterocycles. The SMILES string of the molecule is CC(C)C/C=C(/CC(C)C)O[C@@H](C)C(C)C. The van der Waals surface area contributed by atoms with Crippen LogP contribution in [-0.2, 0) is 4.74 Å². The summed E-state index contributed by atoms with van der Waals surface area (Å²) in [4.78, 5) is 0. The van der Waals surface area contributed by atoms with Gasteiger partial charge in [0.25, 0.3) is 0 Å². The summed E-state index contributed by atoms with van der Waals surface area (Å²) < 4.78 is 6.03. The Morgan fingerprint density at radius 1 is 0.938 bits per heavy atom. The van der Waals surface area contributed by atoms with Gasteiger partial charge in [-0.2, -0.15) is 0 Å². The first-order valence-corrected chi connectivity index (χ1v) is 6.68. The van der Waals surface area contributed by atoms with E-state index in [4.69, 9.17) is 4.74 Å². The highest BCUT2D eigenvalue weighted by molar-refractivity contribution is 4.95. The Hall–Kier alpha value is -0.460. The third-order valence-corrected chi connectivity index (χ3v) is 2.70. The van der Waals surface area contributed by atoms with Crippen molar-refractivity contribution in [3.63, 3.8) is 0 Å². The van der Waals surface area contributed by atoms with Gasteiger partial charge in [0.2, 0.25) is 0 Å². The van der Waals surface area contributed by atoms with Gasteiger partial charge in [-0.15, -0.1) is 0 Å². The molecular formula is C15H30O. The fourth-order valence-electron chi connectivity index (χ4n) is 1.32. The molecule has 96 valence electrons. The van der Waals surface area contributed by atoms with Gasteiger partial charge in [-0.05, 0) is 37.2 Å². The number of rotatable bonds is 7. The Morgan fingerprint density at radius 3 is 1.88 bits per heavy atom. The van der Waals surface area contributed by atoms with Gasteiger partial charge in [-0.25, -0.2) is 0 Å². The summed E-state index contributed by atoms with van der Waals surface area (Å²) in [6, 6.07) is 0. The highest BCUT2D eigenvalue weighted by atomic mass is 16.5. The van der Waals surface area contributed by atoms with E-state index in [1.807, 2.05) is 0 Å². The van der Waals surface area contributed by atoms with Crippen molar-refractivity contribution in [2.45, 2.75) is 67.4 Å². The van der Waals surface area contributed by atoms with Crippen molar-refractivity contribution in [1.29, 1.82) is 0 Å². The number of ether oxygens (including phenoxy) is 1. The number of hydrogen-bond acceptors (Lipinski definition) is 1. The van der Waals surface area contributed by atoms with Crippen LogP contribution in [0.15, 0.2) is 11.8 Å². The summed E-state index contributed by atoms with van der Waals surface area (Å²) in [6.45, 7) is 15.6. The van der Waals surface area contributed by atoms with E-state index in [1.54, 1.807) is 0 Å². The van der Waals surface area contributed by atoms with Crippen molar-refractivity contribution in [2.24, 2.45) is 17.8 Å². The van der Waals surface area contributed by atoms with Crippen molar-refractivity contribution < 1.29 is 4.74 Å². The molecule has 0 aromatic rings. The molecule has 0 unspecified atom stereocenters. The predicted octanol–water partition coefficient (Wildman–Crippen LogP) is 5.02. The van der Waals surface area contributed by atoms with Gasteiger partial charge in [0.05, 0.1) is 11.9 Å². The lowest BCUT2D eigenvalue weighted by Crippen LogP contribution is -2.16. The summed E-state index contributed by atoms with van der Waals surface area (Å²) in [5, 5.41) is 0. The van der Waals surface area contributed by atoms with Gasteiger partial charge in [0, 0.05) is 6.42 Å². The van der Waals surface area contributed by atoms with Crippen molar-refractivity contribution in [2.75, 3.05) is 0 Å². The van der Waals surface area contributed by atoms with Crippen LogP contribution in [0.5, 0.6) is 0 Å². The Kier molecular flexibility index (Phi) is 7.53. The fourth-order valence-corrected chi connectivity index (χ4v) is 1.32. The molecule has 0 bridgehead atoms. The molecule has 1 heteroatoms. The second-order valence-corrected chi connectivity index (χ2v) is 5.96. The first-order chi connectivity index (χ1) is 7.32. The van der Waals surface area contributed by atoms with E-state index in [1.165, 1.54) is 5.76 Å². The van der Waals surface area contributed by atoms with Crippen LogP contribution in [0.4, 0.5) is 0 Å². The van der Waals surface area contributed by atoms with Crippen LogP contribution in [0, 0.1) is 17.8 Å². The summed E-state index contributed by atoms with van der Waals surface area (Å²) in [5.41, 5.74) is 0.